The first kappa shape index (κ1) is 17.0. The lowest BCUT2D eigenvalue weighted by Crippen LogP contribution is -2.37. The standard InChI is InChI=1S/C18H27N3O3/c1-3-24-18(23)14-6-4-13(5-7-14)10-17(22)21-9-8-15-12(2)19-20-16(15)11-21/h13-14H,3-11H2,1-2H3,(H,19,20). The first-order chi connectivity index (χ1) is 11.6. The average molecular weight is 333 g/mol. The van der Waals surface area contributed by atoms with Crippen LogP contribution in [-0.4, -0.2) is 40.1 Å². The maximum absolute atomic E-state index is 12.6. The Kier molecular flexibility index (Phi) is 5.21. The number of esters is 1. The molecule has 0 saturated heterocycles. The number of fused-ring (bicyclic) bond motifs is 1. The predicted octanol–water partition coefficient (Wildman–Crippen LogP) is 2.36. The molecule has 132 valence electrons. The number of aromatic nitrogens is 2. The average Bonchev–Trinajstić information content (AvgIpc) is 2.96. The summed E-state index contributed by atoms with van der Waals surface area (Å²) in [5.41, 5.74) is 3.40. The Morgan fingerprint density at radius 1 is 1.29 bits per heavy atom. The van der Waals surface area contributed by atoms with Gasteiger partial charge < -0.3 is 9.64 Å². The van der Waals surface area contributed by atoms with E-state index in [2.05, 4.69) is 10.2 Å². The van der Waals surface area contributed by atoms with E-state index in [-0.39, 0.29) is 17.8 Å². The fraction of sp³-hybridized carbons (Fsp3) is 0.722. The first-order valence-corrected chi connectivity index (χ1v) is 9.05. The summed E-state index contributed by atoms with van der Waals surface area (Å²) in [5.74, 6) is 0.576. The molecule has 1 aromatic rings. The van der Waals surface area contributed by atoms with Gasteiger partial charge in [0.15, 0.2) is 0 Å². The summed E-state index contributed by atoms with van der Waals surface area (Å²) in [7, 11) is 0. The molecule has 1 aliphatic heterocycles. The van der Waals surface area contributed by atoms with Gasteiger partial charge in [-0.3, -0.25) is 14.7 Å². The Bertz CT molecular complexity index is 603. The molecule has 1 fully saturated rings. The Balaban J connectivity index is 1.47. The third kappa shape index (κ3) is 3.62. The lowest BCUT2D eigenvalue weighted by Gasteiger charge is -2.31. The zero-order valence-electron chi connectivity index (χ0n) is 14.6. The van der Waals surface area contributed by atoms with E-state index in [1.54, 1.807) is 0 Å². The number of hydrogen-bond acceptors (Lipinski definition) is 4. The van der Waals surface area contributed by atoms with Gasteiger partial charge in [0.2, 0.25) is 5.91 Å². The van der Waals surface area contributed by atoms with Crippen LogP contribution in [0.15, 0.2) is 0 Å². The number of aromatic amines is 1. The lowest BCUT2D eigenvalue weighted by molar-refractivity contribution is -0.149. The predicted molar refractivity (Wildman–Crippen MR) is 89.1 cm³/mol. The third-order valence-electron chi connectivity index (χ3n) is 5.41. The van der Waals surface area contributed by atoms with Gasteiger partial charge in [-0.25, -0.2) is 0 Å². The SMILES string of the molecule is CCOC(=O)C1CCC(CC(=O)N2CCc3c(n[nH]c3C)C2)CC1. The number of nitrogens with zero attached hydrogens (tertiary/aromatic N) is 2. The molecule has 24 heavy (non-hydrogen) atoms. The second kappa shape index (κ2) is 7.36. The van der Waals surface area contributed by atoms with Crippen molar-refractivity contribution in [2.75, 3.05) is 13.2 Å². The van der Waals surface area contributed by atoms with Gasteiger partial charge in [0.1, 0.15) is 0 Å². The van der Waals surface area contributed by atoms with Crippen LogP contribution in [-0.2, 0) is 27.3 Å². The molecule has 0 bridgehead atoms. The number of H-pyrrole nitrogens is 1. The molecular weight excluding hydrogens is 306 g/mol. The second-order valence-electron chi connectivity index (χ2n) is 7.01. The van der Waals surface area contributed by atoms with Crippen LogP contribution in [0.4, 0.5) is 0 Å². The van der Waals surface area contributed by atoms with Gasteiger partial charge in [0.05, 0.1) is 24.8 Å². The zero-order chi connectivity index (χ0) is 17.1. The quantitative estimate of drug-likeness (QED) is 0.858. The molecule has 0 aromatic carbocycles. The minimum atomic E-state index is -0.0697. The number of rotatable bonds is 4. The summed E-state index contributed by atoms with van der Waals surface area (Å²) >= 11 is 0. The van der Waals surface area contributed by atoms with Gasteiger partial charge in [-0.1, -0.05) is 0 Å². The van der Waals surface area contributed by atoms with Crippen LogP contribution in [0, 0.1) is 18.8 Å². The van der Waals surface area contributed by atoms with Crippen molar-refractivity contribution in [3.63, 3.8) is 0 Å². The fourth-order valence-electron chi connectivity index (χ4n) is 3.92. The van der Waals surface area contributed by atoms with Crippen LogP contribution >= 0.6 is 0 Å². The monoisotopic (exact) mass is 333 g/mol. The number of ether oxygens (including phenoxy) is 1. The summed E-state index contributed by atoms with van der Waals surface area (Å²) in [4.78, 5) is 26.3. The van der Waals surface area contributed by atoms with Crippen molar-refractivity contribution >= 4 is 11.9 Å². The van der Waals surface area contributed by atoms with E-state index in [4.69, 9.17) is 4.74 Å². The highest BCUT2D eigenvalue weighted by atomic mass is 16.5. The number of carbonyl (C=O) groups excluding carboxylic acids is 2. The lowest BCUT2D eigenvalue weighted by atomic mass is 9.80. The first-order valence-electron chi connectivity index (χ1n) is 9.05. The van der Waals surface area contributed by atoms with Gasteiger partial charge in [-0.15, -0.1) is 0 Å². The van der Waals surface area contributed by atoms with Gasteiger partial charge in [0.25, 0.3) is 0 Å². The molecular formula is C18H27N3O3. The normalized spacial score (nSPS) is 23.7. The van der Waals surface area contributed by atoms with E-state index >= 15 is 0 Å². The van der Waals surface area contributed by atoms with Gasteiger partial charge in [-0.2, -0.15) is 5.10 Å². The van der Waals surface area contributed by atoms with E-state index in [0.717, 1.165) is 50.0 Å². The number of hydrogen-bond donors (Lipinski definition) is 1. The van der Waals surface area contributed by atoms with Crippen LogP contribution < -0.4 is 0 Å². The van der Waals surface area contributed by atoms with Crippen LogP contribution in [0.5, 0.6) is 0 Å². The highest BCUT2D eigenvalue weighted by Crippen LogP contribution is 2.32. The molecule has 1 N–H and O–H groups in total. The summed E-state index contributed by atoms with van der Waals surface area (Å²) in [5, 5.41) is 7.33. The van der Waals surface area contributed by atoms with Crippen molar-refractivity contribution in [1.29, 1.82) is 0 Å². The van der Waals surface area contributed by atoms with Gasteiger partial charge in [0, 0.05) is 18.7 Å². The highest BCUT2D eigenvalue weighted by molar-refractivity contribution is 5.77. The van der Waals surface area contributed by atoms with Crippen LogP contribution in [0.3, 0.4) is 0 Å². The van der Waals surface area contributed by atoms with Crippen molar-refractivity contribution in [3.8, 4) is 0 Å². The van der Waals surface area contributed by atoms with Crippen LogP contribution in [0.25, 0.3) is 0 Å². The Hall–Kier alpha value is -1.85. The number of amides is 1. The van der Waals surface area contributed by atoms with Crippen LogP contribution in [0.2, 0.25) is 0 Å². The molecule has 0 spiro atoms. The maximum Gasteiger partial charge on any atom is 0.308 e. The summed E-state index contributed by atoms with van der Waals surface area (Å²) in [6, 6.07) is 0. The van der Waals surface area contributed by atoms with Gasteiger partial charge >= 0.3 is 5.97 Å². The highest BCUT2D eigenvalue weighted by Gasteiger charge is 2.30. The summed E-state index contributed by atoms with van der Waals surface area (Å²) < 4.78 is 5.10. The van der Waals surface area contributed by atoms with E-state index in [9.17, 15) is 9.59 Å². The third-order valence-corrected chi connectivity index (χ3v) is 5.41. The van der Waals surface area contributed by atoms with Crippen molar-refractivity contribution in [3.05, 3.63) is 17.0 Å². The number of nitrogens with one attached hydrogen (secondary N) is 1. The molecule has 1 amide bonds. The minimum Gasteiger partial charge on any atom is -0.466 e. The van der Waals surface area contributed by atoms with E-state index in [1.165, 1.54) is 5.56 Å². The minimum absolute atomic E-state index is 0.0286. The fourth-order valence-corrected chi connectivity index (χ4v) is 3.92. The Morgan fingerprint density at radius 3 is 2.75 bits per heavy atom. The number of aryl methyl sites for hydroxylation is 1. The zero-order valence-corrected chi connectivity index (χ0v) is 14.6. The summed E-state index contributed by atoms with van der Waals surface area (Å²) in [6.45, 7) is 5.72. The van der Waals surface area contributed by atoms with Crippen molar-refractivity contribution in [2.45, 2.75) is 58.9 Å². The van der Waals surface area contributed by atoms with Crippen LogP contribution in [0.1, 0.15) is 56.0 Å². The molecule has 6 heteroatoms. The molecule has 2 heterocycles. The largest absolute Gasteiger partial charge is 0.466 e. The summed E-state index contributed by atoms with van der Waals surface area (Å²) in [6.07, 6.45) is 5.05. The van der Waals surface area contributed by atoms with Gasteiger partial charge in [-0.05, 0) is 57.4 Å². The maximum atomic E-state index is 12.6. The molecule has 0 radical (unpaired) electrons. The molecule has 1 aromatic heterocycles. The van der Waals surface area contributed by atoms with Crippen molar-refractivity contribution in [1.82, 2.24) is 15.1 Å². The van der Waals surface area contributed by atoms with Crippen molar-refractivity contribution < 1.29 is 14.3 Å². The Labute approximate surface area is 142 Å². The van der Waals surface area contributed by atoms with Crippen molar-refractivity contribution in [2.24, 2.45) is 11.8 Å². The van der Waals surface area contributed by atoms with E-state index in [0.29, 0.717) is 25.5 Å². The molecule has 0 atom stereocenters. The van der Waals surface area contributed by atoms with E-state index in [1.807, 2.05) is 18.7 Å². The molecule has 3 rings (SSSR count). The molecule has 1 aliphatic carbocycles. The molecule has 0 unspecified atom stereocenters. The second-order valence-corrected chi connectivity index (χ2v) is 7.01. The molecule has 6 nitrogen and oxygen atoms in total. The Morgan fingerprint density at radius 2 is 2.04 bits per heavy atom. The molecule has 1 saturated carbocycles. The topological polar surface area (TPSA) is 75.3 Å². The smallest absolute Gasteiger partial charge is 0.308 e. The molecule has 2 aliphatic rings. The van der Waals surface area contributed by atoms with E-state index < -0.39 is 0 Å². The number of carbonyl (C=O) groups is 2.